The van der Waals surface area contributed by atoms with Gasteiger partial charge in [-0.05, 0) is 51.5 Å². The molecular weight excluding hydrogens is 427 g/mol. The molecule has 0 atom stereocenters. The molecule has 1 fully saturated rings. The SMILES string of the molecule is Cc1[nH]c(C(=O)Nc2ccc(N3CCOCC3)cc2C(F)(F)F)c(C)c1C(=O)OC(C)C. The average molecular weight is 453 g/mol. The Morgan fingerprint density at radius 2 is 1.84 bits per heavy atom. The van der Waals surface area contributed by atoms with E-state index in [0.29, 0.717) is 43.2 Å². The largest absolute Gasteiger partial charge is 0.459 e. The van der Waals surface area contributed by atoms with Crippen LogP contribution in [0.2, 0.25) is 0 Å². The van der Waals surface area contributed by atoms with E-state index >= 15 is 0 Å². The highest BCUT2D eigenvalue weighted by Gasteiger charge is 2.35. The Kier molecular flexibility index (Phi) is 6.82. The van der Waals surface area contributed by atoms with Gasteiger partial charge in [-0.15, -0.1) is 0 Å². The summed E-state index contributed by atoms with van der Waals surface area (Å²) in [7, 11) is 0. The number of aromatic nitrogens is 1. The Morgan fingerprint density at radius 3 is 2.44 bits per heavy atom. The van der Waals surface area contributed by atoms with Crippen molar-refractivity contribution in [3.05, 3.63) is 46.3 Å². The van der Waals surface area contributed by atoms with E-state index in [1.165, 1.54) is 12.1 Å². The zero-order valence-corrected chi connectivity index (χ0v) is 18.4. The van der Waals surface area contributed by atoms with Gasteiger partial charge in [0.15, 0.2) is 0 Å². The van der Waals surface area contributed by atoms with E-state index in [0.717, 1.165) is 6.07 Å². The van der Waals surface area contributed by atoms with E-state index in [1.807, 2.05) is 0 Å². The van der Waals surface area contributed by atoms with E-state index in [9.17, 15) is 22.8 Å². The smallest absolute Gasteiger partial charge is 0.418 e. The third kappa shape index (κ3) is 5.07. The van der Waals surface area contributed by atoms with Crippen LogP contribution in [0.4, 0.5) is 24.5 Å². The van der Waals surface area contributed by atoms with Crippen LogP contribution in [0.3, 0.4) is 0 Å². The van der Waals surface area contributed by atoms with Crippen molar-refractivity contribution in [1.29, 1.82) is 0 Å². The maximum absolute atomic E-state index is 13.8. The number of amides is 1. The predicted octanol–water partition coefficient (Wildman–Crippen LogP) is 4.30. The molecule has 174 valence electrons. The van der Waals surface area contributed by atoms with Gasteiger partial charge in [-0.25, -0.2) is 4.79 Å². The Morgan fingerprint density at radius 1 is 1.19 bits per heavy atom. The van der Waals surface area contributed by atoms with Gasteiger partial charge in [-0.3, -0.25) is 4.79 Å². The third-order valence-corrected chi connectivity index (χ3v) is 5.14. The molecule has 1 aromatic heterocycles. The lowest BCUT2D eigenvalue weighted by Gasteiger charge is -2.29. The number of carbonyl (C=O) groups excluding carboxylic acids is 2. The number of anilines is 2. The quantitative estimate of drug-likeness (QED) is 0.660. The summed E-state index contributed by atoms with van der Waals surface area (Å²) in [5.41, 5.74) is 0.00391. The van der Waals surface area contributed by atoms with Crippen molar-refractivity contribution >= 4 is 23.3 Å². The monoisotopic (exact) mass is 453 g/mol. The summed E-state index contributed by atoms with van der Waals surface area (Å²) < 4.78 is 51.7. The maximum atomic E-state index is 13.8. The van der Waals surface area contributed by atoms with Crippen LogP contribution < -0.4 is 10.2 Å². The van der Waals surface area contributed by atoms with Crippen LogP contribution in [0.1, 0.15) is 51.5 Å². The molecule has 1 saturated heterocycles. The zero-order chi connectivity index (χ0) is 23.6. The molecule has 0 spiro atoms. The summed E-state index contributed by atoms with van der Waals surface area (Å²) in [6, 6.07) is 3.80. The molecule has 1 aromatic carbocycles. The second kappa shape index (κ2) is 9.23. The molecule has 0 bridgehead atoms. The summed E-state index contributed by atoms with van der Waals surface area (Å²) in [6.45, 7) is 8.38. The van der Waals surface area contributed by atoms with Gasteiger partial charge in [0.2, 0.25) is 0 Å². The molecule has 3 rings (SSSR count). The molecule has 7 nitrogen and oxygen atoms in total. The summed E-state index contributed by atoms with van der Waals surface area (Å²) in [5, 5.41) is 2.34. The molecule has 1 amide bonds. The van der Waals surface area contributed by atoms with Crippen LogP contribution in [-0.2, 0) is 15.7 Å². The van der Waals surface area contributed by atoms with Gasteiger partial charge < -0.3 is 24.7 Å². The number of aryl methyl sites for hydroxylation is 1. The van der Waals surface area contributed by atoms with Crippen molar-refractivity contribution in [2.24, 2.45) is 0 Å². The normalized spacial score (nSPS) is 14.6. The lowest BCUT2D eigenvalue weighted by Crippen LogP contribution is -2.36. The Labute approximate surface area is 183 Å². The number of benzene rings is 1. The molecule has 0 unspecified atom stereocenters. The van der Waals surface area contributed by atoms with Crippen LogP contribution >= 0.6 is 0 Å². The fourth-order valence-electron chi connectivity index (χ4n) is 3.64. The van der Waals surface area contributed by atoms with Crippen molar-refractivity contribution in [2.75, 3.05) is 36.5 Å². The molecular formula is C22H26F3N3O4. The van der Waals surface area contributed by atoms with Gasteiger partial charge >= 0.3 is 12.1 Å². The zero-order valence-electron chi connectivity index (χ0n) is 18.4. The summed E-state index contributed by atoms with van der Waals surface area (Å²) in [4.78, 5) is 29.7. The van der Waals surface area contributed by atoms with Crippen molar-refractivity contribution in [3.63, 3.8) is 0 Å². The van der Waals surface area contributed by atoms with Gasteiger partial charge in [-0.1, -0.05) is 0 Å². The Hall–Kier alpha value is -3.01. The fourth-order valence-corrected chi connectivity index (χ4v) is 3.64. The second-order valence-corrected chi connectivity index (χ2v) is 7.86. The molecule has 0 saturated carbocycles. The van der Waals surface area contributed by atoms with Crippen LogP contribution in [0.5, 0.6) is 0 Å². The molecule has 0 radical (unpaired) electrons. The molecule has 2 aromatic rings. The first kappa shape index (κ1) is 23.6. The molecule has 2 N–H and O–H groups in total. The minimum atomic E-state index is -4.67. The number of hydrogen-bond acceptors (Lipinski definition) is 5. The van der Waals surface area contributed by atoms with Gasteiger partial charge in [0.1, 0.15) is 5.69 Å². The molecule has 1 aliphatic heterocycles. The lowest BCUT2D eigenvalue weighted by atomic mass is 10.1. The third-order valence-electron chi connectivity index (χ3n) is 5.14. The van der Waals surface area contributed by atoms with Crippen LogP contribution in [0, 0.1) is 13.8 Å². The minimum absolute atomic E-state index is 0.00332. The van der Waals surface area contributed by atoms with Crippen molar-refractivity contribution in [2.45, 2.75) is 40.0 Å². The first-order valence-electron chi connectivity index (χ1n) is 10.2. The molecule has 32 heavy (non-hydrogen) atoms. The van der Waals surface area contributed by atoms with Crippen LogP contribution in [0.25, 0.3) is 0 Å². The number of hydrogen-bond donors (Lipinski definition) is 2. The van der Waals surface area contributed by atoms with Gasteiger partial charge in [-0.2, -0.15) is 13.2 Å². The van der Waals surface area contributed by atoms with Gasteiger partial charge in [0.25, 0.3) is 5.91 Å². The number of rotatable bonds is 5. The lowest BCUT2D eigenvalue weighted by molar-refractivity contribution is -0.136. The summed E-state index contributed by atoms with van der Waals surface area (Å²) >= 11 is 0. The fraction of sp³-hybridized carbons (Fsp3) is 0.455. The van der Waals surface area contributed by atoms with Crippen molar-refractivity contribution in [1.82, 2.24) is 4.98 Å². The summed E-state index contributed by atoms with van der Waals surface area (Å²) in [5.74, 6) is -1.38. The second-order valence-electron chi connectivity index (χ2n) is 7.86. The van der Waals surface area contributed by atoms with Gasteiger partial charge in [0, 0.05) is 24.5 Å². The number of halogens is 3. The van der Waals surface area contributed by atoms with Crippen LogP contribution in [-0.4, -0.2) is 49.3 Å². The molecule has 0 aliphatic carbocycles. The number of alkyl halides is 3. The molecule has 1 aliphatic rings. The van der Waals surface area contributed by atoms with Crippen molar-refractivity contribution < 1.29 is 32.2 Å². The first-order valence-corrected chi connectivity index (χ1v) is 10.2. The van der Waals surface area contributed by atoms with E-state index in [1.54, 1.807) is 32.6 Å². The highest BCUT2D eigenvalue weighted by atomic mass is 19.4. The number of aromatic amines is 1. The number of morpholine rings is 1. The number of H-pyrrole nitrogens is 1. The van der Waals surface area contributed by atoms with E-state index < -0.39 is 23.6 Å². The van der Waals surface area contributed by atoms with Crippen LogP contribution in [0.15, 0.2) is 18.2 Å². The molecule has 2 heterocycles. The standard InChI is InChI=1S/C22H26F3N3O4/c1-12(2)32-21(30)18-13(3)19(26-14(18)4)20(29)27-17-6-5-15(11-16(17)22(23,24)25)28-7-9-31-10-8-28/h5-6,11-12,26H,7-10H2,1-4H3,(H,27,29). The summed E-state index contributed by atoms with van der Waals surface area (Å²) in [6.07, 6.45) is -5.02. The first-order chi connectivity index (χ1) is 15.0. The topological polar surface area (TPSA) is 83.7 Å². The number of carbonyl (C=O) groups is 2. The highest BCUT2D eigenvalue weighted by molar-refractivity contribution is 6.07. The Bertz CT molecular complexity index is 1010. The number of nitrogens with one attached hydrogen (secondary N) is 2. The minimum Gasteiger partial charge on any atom is -0.459 e. The molecule has 10 heteroatoms. The highest BCUT2D eigenvalue weighted by Crippen LogP contribution is 2.38. The Balaban J connectivity index is 1.90. The number of nitrogens with zero attached hydrogens (tertiary/aromatic N) is 1. The van der Waals surface area contributed by atoms with Crippen molar-refractivity contribution in [3.8, 4) is 0 Å². The van der Waals surface area contributed by atoms with Gasteiger partial charge in [0.05, 0.1) is 36.1 Å². The maximum Gasteiger partial charge on any atom is 0.418 e. The number of ether oxygens (including phenoxy) is 2. The number of esters is 1. The van der Waals surface area contributed by atoms with E-state index in [4.69, 9.17) is 9.47 Å². The predicted molar refractivity (Wildman–Crippen MR) is 113 cm³/mol. The van der Waals surface area contributed by atoms with E-state index in [-0.39, 0.29) is 23.0 Å². The average Bonchev–Trinajstić information content (AvgIpc) is 3.02. The van der Waals surface area contributed by atoms with E-state index in [2.05, 4.69) is 10.3 Å².